The highest BCUT2D eigenvalue weighted by Crippen LogP contribution is 2.12. The number of anilines is 1. The van der Waals surface area contributed by atoms with Gasteiger partial charge in [0.25, 0.3) is 0 Å². The minimum atomic E-state index is -0.107. The molecule has 1 aliphatic rings. The number of nitrogens with one attached hydrogen (secondary N) is 1. The second-order valence-electron chi connectivity index (χ2n) is 6.33. The molecule has 0 radical (unpaired) electrons. The van der Waals surface area contributed by atoms with Crippen molar-refractivity contribution in [2.45, 2.75) is 19.5 Å². The first-order valence-corrected chi connectivity index (χ1v) is 8.58. The first kappa shape index (κ1) is 16.7. The minimum Gasteiger partial charge on any atom is -0.325 e. The number of benzene rings is 2. The normalized spacial score (nSPS) is 17.4. The van der Waals surface area contributed by atoms with Gasteiger partial charge >= 0.3 is 0 Å². The fourth-order valence-corrected chi connectivity index (χ4v) is 3.08. The molecule has 1 saturated heterocycles. The van der Waals surface area contributed by atoms with E-state index in [0.29, 0.717) is 0 Å². The van der Waals surface area contributed by atoms with E-state index in [0.717, 1.165) is 38.4 Å². The Hall–Kier alpha value is -2.17. The third kappa shape index (κ3) is 4.43. The lowest BCUT2D eigenvalue weighted by Gasteiger charge is -2.37. The number of nitrogens with zero attached hydrogens (tertiary/aromatic N) is 2. The Morgan fingerprint density at radius 2 is 1.54 bits per heavy atom. The van der Waals surface area contributed by atoms with Crippen LogP contribution in [-0.4, -0.2) is 47.9 Å². The molecule has 1 fully saturated rings. The van der Waals surface area contributed by atoms with Crippen molar-refractivity contribution < 1.29 is 4.79 Å². The van der Waals surface area contributed by atoms with Crippen LogP contribution in [0.1, 0.15) is 12.5 Å². The summed E-state index contributed by atoms with van der Waals surface area (Å²) in [6, 6.07) is 20.1. The van der Waals surface area contributed by atoms with Crippen LogP contribution < -0.4 is 5.32 Å². The van der Waals surface area contributed by atoms with Gasteiger partial charge < -0.3 is 5.32 Å². The van der Waals surface area contributed by atoms with Crippen LogP contribution in [0, 0.1) is 0 Å². The van der Waals surface area contributed by atoms with Crippen LogP contribution in [-0.2, 0) is 11.3 Å². The molecule has 1 amide bonds. The highest BCUT2D eigenvalue weighted by atomic mass is 16.2. The van der Waals surface area contributed by atoms with Crippen LogP contribution in [0.3, 0.4) is 0 Å². The van der Waals surface area contributed by atoms with E-state index in [2.05, 4.69) is 45.4 Å². The van der Waals surface area contributed by atoms with Crippen molar-refractivity contribution in [1.82, 2.24) is 9.80 Å². The van der Waals surface area contributed by atoms with Crippen LogP contribution in [0.25, 0.3) is 0 Å². The average Bonchev–Trinajstić information content (AvgIpc) is 2.63. The predicted octanol–water partition coefficient (Wildman–Crippen LogP) is 2.83. The lowest BCUT2D eigenvalue weighted by Crippen LogP contribution is -2.52. The standard InChI is InChI=1S/C20H25N3O/c1-17(20(24)21-19-10-6-3-7-11-19)23-14-12-22(13-15-23)16-18-8-4-2-5-9-18/h2-11,17H,12-16H2,1H3,(H,21,24). The summed E-state index contributed by atoms with van der Waals surface area (Å²) < 4.78 is 0. The van der Waals surface area contributed by atoms with E-state index in [4.69, 9.17) is 0 Å². The van der Waals surface area contributed by atoms with Crippen molar-refractivity contribution in [2.24, 2.45) is 0 Å². The number of piperazine rings is 1. The van der Waals surface area contributed by atoms with Crippen LogP contribution >= 0.6 is 0 Å². The van der Waals surface area contributed by atoms with Crippen LogP contribution in [0.4, 0.5) is 5.69 Å². The fraction of sp³-hybridized carbons (Fsp3) is 0.350. The van der Waals surface area contributed by atoms with Crippen molar-refractivity contribution in [3.8, 4) is 0 Å². The molecule has 1 aliphatic heterocycles. The Bertz CT molecular complexity index is 636. The number of amides is 1. The summed E-state index contributed by atoms with van der Waals surface area (Å²) in [7, 11) is 0. The third-order valence-electron chi connectivity index (χ3n) is 4.62. The summed E-state index contributed by atoms with van der Waals surface area (Å²) in [5.74, 6) is 0.0673. The second-order valence-corrected chi connectivity index (χ2v) is 6.33. The molecule has 3 rings (SSSR count). The van der Waals surface area contributed by atoms with Gasteiger partial charge in [0.1, 0.15) is 0 Å². The molecule has 126 valence electrons. The lowest BCUT2D eigenvalue weighted by atomic mass is 10.1. The van der Waals surface area contributed by atoms with Crippen LogP contribution in [0.5, 0.6) is 0 Å². The van der Waals surface area contributed by atoms with Crippen molar-refractivity contribution in [3.05, 3.63) is 66.2 Å². The first-order chi connectivity index (χ1) is 11.7. The van der Waals surface area contributed by atoms with Gasteiger partial charge in [0.15, 0.2) is 0 Å². The van der Waals surface area contributed by atoms with Crippen molar-refractivity contribution >= 4 is 11.6 Å². The number of rotatable bonds is 5. The van der Waals surface area contributed by atoms with E-state index in [1.807, 2.05) is 37.3 Å². The van der Waals surface area contributed by atoms with Gasteiger partial charge in [-0.15, -0.1) is 0 Å². The van der Waals surface area contributed by atoms with Crippen molar-refractivity contribution in [2.75, 3.05) is 31.5 Å². The van der Waals surface area contributed by atoms with Crippen molar-refractivity contribution in [3.63, 3.8) is 0 Å². The van der Waals surface area contributed by atoms with E-state index >= 15 is 0 Å². The van der Waals surface area contributed by atoms with Crippen molar-refractivity contribution in [1.29, 1.82) is 0 Å². The van der Waals surface area contributed by atoms with E-state index in [9.17, 15) is 4.79 Å². The van der Waals surface area contributed by atoms with E-state index in [1.165, 1.54) is 5.56 Å². The van der Waals surface area contributed by atoms with Gasteiger partial charge in [0, 0.05) is 38.4 Å². The summed E-state index contributed by atoms with van der Waals surface area (Å²) in [6.45, 7) is 6.83. The molecule has 24 heavy (non-hydrogen) atoms. The van der Waals surface area contributed by atoms with Crippen LogP contribution in [0.2, 0.25) is 0 Å². The lowest BCUT2D eigenvalue weighted by molar-refractivity contribution is -0.121. The molecule has 0 spiro atoms. The first-order valence-electron chi connectivity index (χ1n) is 8.58. The summed E-state index contributed by atoms with van der Waals surface area (Å²) in [5, 5.41) is 3.00. The molecule has 0 aromatic heterocycles. The summed E-state index contributed by atoms with van der Waals surface area (Å²) in [4.78, 5) is 17.1. The second kappa shape index (κ2) is 8.08. The summed E-state index contributed by atoms with van der Waals surface area (Å²) in [5.41, 5.74) is 2.21. The Morgan fingerprint density at radius 3 is 2.17 bits per heavy atom. The topological polar surface area (TPSA) is 35.6 Å². The highest BCUT2D eigenvalue weighted by Gasteiger charge is 2.25. The quantitative estimate of drug-likeness (QED) is 0.919. The number of hydrogen-bond donors (Lipinski definition) is 1. The molecule has 0 bridgehead atoms. The fourth-order valence-electron chi connectivity index (χ4n) is 3.08. The largest absolute Gasteiger partial charge is 0.325 e. The van der Waals surface area contributed by atoms with E-state index in [1.54, 1.807) is 0 Å². The Balaban J connectivity index is 1.48. The SMILES string of the molecule is CC(C(=O)Nc1ccccc1)N1CCN(Cc2ccccc2)CC1. The molecule has 0 saturated carbocycles. The van der Waals surface area contributed by atoms with Gasteiger partial charge in [-0.25, -0.2) is 0 Å². The number of carbonyl (C=O) groups is 1. The van der Waals surface area contributed by atoms with Gasteiger partial charge in [-0.05, 0) is 24.6 Å². The van der Waals surface area contributed by atoms with Gasteiger partial charge in [-0.3, -0.25) is 14.6 Å². The number of para-hydroxylation sites is 1. The monoisotopic (exact) mass is 323 g/mol. The van der Waals surface area contributed by atoms with Gasteiger partial charge in [-0.2, -0.15) is 0 Å². The maximum atomic E-state index is 12.4. The molecule has 0 aliphatic carbocycles. The molecule has 1 N–H and O–H groups in total. The molecule has 1 heterocycles. The van der Waals surface area contributed by atoms with Gasteiger partial charge in [-0.1, -0.05) is 48.5 Å². The molecular weight excluding hydrogens is 298 g/mol. The molecule has 1 unspecified atom stereocenters. The maximum absolute atomic E-state index is 12.4. The molecule has 1 atom stereocenters. The number of hydrogen-bond acceptors (Lipinski definition) is 3. The maximum Gasteiger partial charge on any atom is 0.241 e. The predicted molar refractivity (Wildman–Crippen MR) is 97.8 cm³/mol. The number of carbonyl (C=O) groups excluding carboxylic acids is 1. The minimum absolute atomic E-state index is 0.0673. The molecule has 4 nitrogen and oxygen atoms in total. The average molecular weight is 323 g/mol. The zero-order valence-electron chi connectivity index (χ0n) is 14.2. The van der Waals surface area contributed by atoms with Crippen LogP contribution in [0.15, 0.2) is 60.7 Å². The Labute approximate surface area is 144 Å². The third-order valence-corrected chi connectivity index (χ3v) is 4.62. The molecule has 4 heteroatoms. The zero-order valence-corrected chi connectivity index (χ0v) is 14.2. The Morgan fingerprint density at radius 1 is 0.958 bits per heavy atom. The smallest absolute Gasteiger partial charge is 0.241 e. The summed E-state index contributed by atoms with van der Waals surface area (Å²) >= 11 is 0. The van der Waals surface area contributed by atoms with E-state index < -0.39 is 0 Å². The Kier molecular flexibility index (Phi) is 5.62. The molecule has 2 aromatic carbocycles. The zero-order chi connectivity index (χ0) is 16.8. The van der Waals surface area contributed by atoms with Gasteiger partial charge in [0.2, 0.25) is 5.91 Å². The summed E-state index contributed by atoms with van der Waals surface area (Å²) in [6.07, 6.45) is 0. The molecular formula is C20H25N3O. The molecule has 2 aromatic rings. The van der Waals surface area contributed by atoms with E-state index in [-0.39, 0.29) is 11.9 Å². The highest BCUT2D eigenvalue weighted by molar-refractivity contribution is 5.94. The van der Waals surface area contributed by atoms with Gasteiger partial charge in [0.05, 0.1) is 6.04 Å².